The van der Waals surface area contributed by atoms with Crippen LogP contribution < -0.4 is 0 Å². The summed E-state index contributed by atoms with van der Waals surface area (Å²) in [6.45, 7) is 6.46. The number of fused-ring (bicyclic) bond motifs is 1. The van der Waals surface area contributed by atoms with E-state index >= 15 is 0 Å². The van der Waals surface area contributed by atoms with Crippen molar-refractivity contribution in [2.75, 3.05) is 6.26 Å². The lowest BCUT2D eigenvalue weighted by Gasteiger charge is -2.30. The molecule has 1 aliphatic carbocycles. The molecule has 0 fully saturated rings. The first-order chi connectivity index (χ1) is 9.93. The first kappa shape index (κ1) is 14.5. The van der Waals surface area contributed by atoms with Crippen LogP contribution in [-0.2, 0) is 6.42 Å². The van der Waals surface area contributed by atoms with Crippen molar-refractivity contribution in [1.29, 1.82) is 0 Å². The molecule has 1 aromatic heterocycles. The highest BCUT2D eigenvalue weighted by atomic mass is 32.2. The number of rotatable bonds is 2. The van der Waals surface area contributed by atoms with Crippen LogP contribution in [0.1, 0.15) is 42.0 Å². The summed E-state index contributed by atoms with van der Waals surface area (Å²) in [6.07, 6.45) is 3.69. The highest BCUT2D eigenvalue weighted by Crippen LogP contribution is 2.38. The Labute approximate surface area is 130 Å². The summed E-state index contributed by atoms with van der Waals surface area (Å²) in [5.74, 6) is 0.282. The summed E-state index contributed by atoms with van der Waals surface area (Å²) in [7, 11) is 0. The van der Waals surface area contributed by atoms with Crippen LogP contribution in [0.5, 0.6) is 0 Å². The number of carbonyl (C=O) groups is 1. The highest BCUT2D eigenvalue weighted by Gasteiger charge is 2.34. The van der Waals surface area contributed by atoms with Crippen LogP contribution in [0.3, 0.4) is 0 Å². The fraction of sp³-hybridized carbons (Fsp3) is 0.389. The molecule has 0 saturated heterocycles. The Hall–Kier alpha value is -1.48. The Morgan fingerprint density at radius 2 is 1.90 bits per heavy atom. The van der Waals surface area contributed by atoms with Gasteiger partial charge in [-0.25, -0.2) is 0 Å². The molecule has 0 radical (unpaired) electrons. The van der Waals surface area contributed by atoms with Crippen LogP contribution in [0.15, 0.2) is 35.2 Å². The molecule has 1 heterocycles. The maximum absolute atomic E-state index is 12.4. The van der Waals surface area contributed by atoms with E-state index in [1.54, 1.807) is 11.8 Å². The van der Waals surface area contributed by atoms with Crippen LogP contribution in [0.4, 0.5) is 0 Å². The number of para-hydroxylation sites is 1. The number of hydrogen-bond donors (Lipinski definition) is 0. The number of Topliss-reactive ketones (excluding diaryl/α,β-unsaturated/α-hetero) is 1. The largest absolute Gasteiger partial charge is 0.316 e. The summed E-state index contributed by atoms with van der Waals surface area (Å²) in [6, 6.07) is 10.5. The molecule has 3 rings (SSSR count). The maximum atomic E-state index is 12.4. The van der Waals surface area contributed by atoms with Crippen molar-refractivity contribution in [2.24, 2.45) is 5.41 Å². The van der Waals surface area contributed by atoms with Gasteiger partial charge in [-0.15, -0.1) is 11.8 Å². The van der Waals surface area contributed by atoms with E-state index in [9.17, 15) is 4.79 Å². The Balaban J connectivity index is 2.24. The van der Waals surface area contributed by atoms with E-state index in [1.165, 1.54) is 16.3 Å². The molecule has 2 nitrogen and oxygen atoms in total. The number of aromatic nitrogens is 1. The second-order valence-electron chi connectivity index (χ2n) is 6.59. The Morgan fingerprint density at radius 3 is 2.62 bits per heavy atom. The molecule has 0 bridgehead atoms. The molecule has 1 aliphatic rings. The standard InChI is InChI=1S/C18H21NOS/c1-12-9-13-15(10-18(2,3)11-16(13)20)19(12)14-7-5-6-8-17(14)21-4/h5-9H,10-11H2,1-4H3. The van der Waals surface area contributed by atoms with Crippen molar-refractivity contribution in [3.05, 3.63) is 47.3 Å². The number of benzene rings is 1. The molecule has 1 aromatic carbocycles. The molecular weight excluding hydrogens is 278 g/mol. The van der Waals surface area contributed by atoms with E-state index in [-0.39, 0.29) is 11.2 Å². The second kappa shape index (κ2) is 5.06. The third-order valence-electron chi connectivity index (χ3n) is 4.20. The van der Waals surface area contributed by atoms with Gasteiger partial charge in [-0.1, -0.05) is 26.0 Å². The minimum absolute atomic E-state index is 0.0426. The zero-order chi connectivity index (χ0) is 15.2. The van der Waals surface area contributed by atoms with Gasteiger partial charge in [0.1, 0.15) is 0 Å². The lowest BCUT2D eigenvalue weighted by atomic mass is 9.76. The van der Waals surface area contributed by atoms with E-state index in [4.69, 9.17) is 0 Å². The summed E-state index contributed by atoms with van der Waals surface area (Å²) in [5.41, 5.74) is 4.47. The summed E-state index contributed by atoms with van der Waals surface area (Å²) < 4.78 is 2.28. The predicted molar refractivity (Wildman–Crippen MR) is 88.7 cm³/mol. The second-order valence-corrected chi connectivity index (χ2v) is 7.44. The minimum atomic E-state index is 0.0426. The molecule has 2 aromatic rings. The number of carbonyl (C=O) groups excluding carboxylic acids is 1. The minimum Gasteiger partial charge on any atom is -0.316 e. The molecule has 0 aliphatic heterocycles. The monoisotopic (exact) mass is 299 g/mol. The summed E-state index contributed by atoms with van der Waals surface area (Å²) in [5, 5.41) is 0. The van der Waals surface area contributed by atoms with Crippen LogP contribution in [0.25, 0.3) is 5.69 Å². The average Bonchev–Trinajstić information content (AvgIpc) is 2.74. The fourth-order valence-electron chi connectivity index (χ4n) is 3.30. The van der Waals surface area contributed by atoms with Gasteiger partial charge in [0.15, 0.2) is 5.78 Å². The van der Waals surface area contributed by atoms with Gasteiger partial charge in [0.25, 0.3) is 0 Å². The van der Waals surface area contributed by atoms with Crippen molar-refractivity contribution in [3.63, 3.8) is 0 Å². The van der Waals surface area contributed by atoms with Gasteiger partial charge in [0.2, 0.25) is 0 Å². The highest BCUT2D eigenvalue weighted by molar-refractivity contribution is 7.98. The number of hydrogen-bond acceptors (Lipinski definition) is 2. The molecule has 0 amide bonds. The van der Waals surface area contributed by atoms with Gasteiger partial charge < -0.3 is 4.57 Å². The topological polar surface area (TPSA) is 22.0 Å². The first-order valence-electron chi connectivity index (χ1n) is 7.31. The number of thioether (sulfide) groups is 1. The Bertz CT molecular complexity index is 712. The lowest BCUT2D eigenvalue weighted by molar-refractivity contribution is 0.0911. The van der Waals surface area contributed by atoms with Crippen molar-refractivity contribution < 1.29 is 4.79 Å². The molecule has 3 heteroatoms. The molecule has 0 saturated carbocycles. The first-order valence-corrected chi connectivity index (χ1v) is 8.53. The fourth-order valence-corrected chi connectivity index (χ4v) is 3.88. The number of aryl methyl sites for hydroxylation is 1. The van der Waals surface area contributed by atoms with E-state index < -0.39 is 0 Å². The van der Waals surface area contributed by atoms with E-state index in [0.29, 0.717) is 6.42 Å². The predicted octanol–water partition coefficient (Wildman–Crippen LogP) is 4.66. The smallest absolute Gasteiger partial charge is 0.165 e. The van der Waals surface area contributed by atoms with Crippen molar-refractivity contribution in [2.45, 2.75) is 38.5 Å². The molecule has 110 valence electrons. The maximum Gasteiger partial charge on any atom is 0.165 e. The molecule has 0 unspecified atom stereocenters. The zero-order valence-corrected chi connectivity index (χ0v) is 13.9. The average molecular weight is 299 g/mol. The molecule has 0 N–H and O–H groups in total. The van der Waals surface area contributed by atoms with Crippen molar-refractivity contribution in [1.82, 2.24) is 4.57 Å². The Morgan fingerprint density at radius 1 is 1.19 bits per heavy atom. The number of ketones is 1. The van der Waals surface area contributed by atoms with Crippen molar-refractivity contribution >= 4 is 17.5 Å². The van der Waals surface area contributed by atoms with Crippen LogP contribution in [0, 0.1) is 12.3 Å². The normalized spacial score (nSPS) is 16.9. The SMILES string of the molecule is CSc1ccccc1-n1c(C)cc2c1CC(C)(C)CC2=O. The van der Waals surface area contributed by atoms with Gasteiger partial charge in [0, 0.05) is 28.3 Å². The van der Waals surface area contributed by atoms with Gasteiger partial charge in [0.05, 0.1) is 5.69 Å². The van der Waals surface area contributed by atoms with Gasteiger partial charge in [-0.3, -0.25) is 4.79 Å². The van der Waals surface area contributed by atoms with E-state index in [1.807, 2.05) is 0 Å². The Kier molecular flexibility index (Phi) is 3.48. The van der Waals surface area contributed by atoms with Gasteiger partial charge >= 0.3 is 0 Å². The molecule has 21 heavy (non-hydrogen) atoms. The third kappa shape index (κ3) is 2.44. The van der Waals surface area contributed by atoms with Crippen LogP contribution in [-0.4, -0.2) is 16.6 Å². The van der Waals surface area contributed by atoms with Gasteiger partial charge in [-0.2, -0.15) is 0 Å². The van der Waals surface area contributed by atoms with E-state index in [0.717, 1.165) is 17.7 Å². The van der Waals surface area contributed by atoms with Crippen LogP contribution in [0.2, 0.25) is 0 Å². The quantitative estimate of drug-likeness (QED) is 0.752. The van der Waals surface area contributed by atoms with Crippen molar-refractivity contribution in [3.8, 4) is 5.69 Å². The lowest BCUT2D eigenvalue weighted by Crippen LogP contribution is -2.27. The summed E-state index contributed by atoms with van der Waals surface area (Å²) in [4.78, 5) is 13.7. The molecular formula is C18H21NOS. The zero-order valence-electron chi connectivity index (χ0n) is 13.1. The molecule has 0 spiro atoms. The number of nitrogens with zero attached hydrogens (tertiary/aromatic N) is 1. The van der Waals surface area contributed by atoms with E-state index in [2.05, 4.69) is 61.9 Å². The summed E-state index contributed by atoms with van der Waals surface area (Å²) >= 11 is 1.75. The molecule has 0 atom stereocenters. The third-order valence-corrected chi connectivity index (χ3v) is 4.98. The van der Waals surface area contributed by atoms with Gasteiger partial charge in [-0.05, 0) is 43.2 Å². The van der Waals surface area contributed by atoms with Crippen LogP contribution >= 0.6 is 11.8 Å².